The van der Waals surface area contributed by atoms with Crippen molar-refractivity contribution in [1.82, 2.24) is 9.80 Å². The molecule has 2 aromatic carbocycles. The van der Waals surface area contributed by atoms with Crippen LogP contribution in [0.3, 0.4) is 0 Å². The standard InChI is InChI=1S/C22H20N2O3S/c1-15-5-4-6-16(11-15)12-19-21(26)24(22(27)28-19)14-20(25)23-10-9-17-7-2-3-8-18(17)13-23/h2-8,11-12H,9-10,13-14H2,1H3/b19-12-. The second-order valence-electron chi connectivity index (χ2n) is 7.02. The minimum atomic E-state index is -0.401. The molecule has 0 unspecified atom stereocenters. The molecule has 2 heterocycles. The smallest absolute Gasteiger partial charge is 0.294 e. The maximum Gasteiger partial charge on any atom is 0.294 e. The van der Waals surface area contributed by atoms with Crippen LogP contribution in [0, 0.1) is 6.92 Å². The van der Waals surface area contributed by atoms with Gasteiger partial charge in [0.15, 0.2) is 0 Å². The van der Waals surface area contributed by atoms with E-state index in [1.165, 1.54) is 5.56 Å². The third-order valence-electron chi connectivity index (χ3n) is 4.99. The molecule has 0 atom stereocenters. The van der Waals surface area contributed by atoms with E-state index in [4.69, 9.17) is 0 Å². The zero-order valence-corrected chi connectivity index (χ0v) is 16.4. The van der Waals surface area contributed by atoms with Crippen molar-refractivity contribution in [2.24, 2.45) is 0 Å². The van der Waals surface area contributed by atoms with Crippen molar-refractivity contribution >= 4 is 34.9 Å². The topological polar surface area (TPSA) is 57.7 Å². The predicted molar refractivity (Wildman–Crippen MR) is 109 cm³/mol. The SMILES string of the molecule is Cc1cccc(/C=C2\SC(=O)N(CC(=O)N3CCc4ccccc4C3)C2=O)c1. The fraction of sp³-hybridized carbons (Fsp3) is 0.227. The number of imide groups is 1. The van der Waals surface area contributed by atoms with E-state index in [9.17, 15) is 14.4 Å². The van der Waals surface area contributed by atoms with Gasteiger partial charge in [-0.05, 0) is 47.9 Å². The Morgan fingerprint density at radius 1 is 1.11 bits per heavy atom. The molecular formula is C22H20N2O3S. The third kappa shape index (κ3) is 3.73. The zero-order valence-electron chi connectivity index (χ0n) is 15.6. The van der Waals surface area contributed by atoms with Crippen LogP contribution in [0.15, 0.2) is 53.4 Å². The molecule has 6 heteroatoms. The Morgan fingerprint density at radius 2 is 1.89 bits per heavy atom. The monoisotopic (exact) mass is 392 g/mol. The Morgan fingerprint density at radius 3 is 2.68 bits per heavy atom. The Hall–Kier alpha value is -2.86. The number of aryl methyl sites for hydroxylation is 1. The summed E-state index contributed by atoms with van der Waals surface area (Å²) in [7, 11) is 0. The van der Waals surface area contributed by atoms with Gasteiger partial charge in [-0.25, -0.2) is 0 Å². The van der Waals surface area contributed by atoms with Crippen molar-refractivity contribution in [2.45, 2.75) is 19.9 Å². The molecule has 0 saturated carbocycles. The second kappa shape index (κ2) is 7.64. The average Bonchev–Trinajstić information content (AvgIpc) is 2.95. The van der Waals surface area contributed by atoms with Gasteiger partial charge in [0.05, 0.1) is 4.91 Å². The maximum absolute atomic E-state index is 12.7. The fourth-order valence-corrected chi connectivity index (χ4v) is 4.33. The number of benzene rings is 2. The van der Waals surface area contributed by atoms with Gasteiger partial charge in [0, 0.05) is 13.1 Å². The lowest BCUT2D eigenvalue weighted by Gasteiger charge is -2.29. The molecule has 2 aromatic rings. The number of fused-ring (bicyclic) bond motifs is 1. The fourth-order valence-electron chi connectivity index (χ4n) is 3.49. The van der Waals surface area contributed by atoms with Crippen LogP contribution in [-0.2, 0) is 22.6 Å². The van der Waals surface area contributed by atoms with Gasteiger partial charge < -0.3 is 4.90 Å². The molecule has 0 N–H and O–H groups in total. The van der Waals surface area contributed by atoms with Crippen LogP contribution in [0.5, 0.6) is 0 Å². The molecular weight excluding hydrogens is 372 g/mol. The summed E-state index contributed by atoms with van der Waals surface area (Å²) in [6.45, 7) is 2.88. The molecule has 0 aromatic heterocycles. The van der Waals surface area contributed by atoms with Crippen LogP contribution in [0.25, 0.3) is 6.08 Å². The molecule has 3 amide bonds. The van der Waals surface area contributed by atoms with Gasteiger partial charge in [0.1, 0.15) is 6.54 Å². The molecule has 28 heavy (non-hydrogen) atoms. The van der Waals surface area contributed by atoms with E-state index in [1.807, 2.05) is 49.4 Å². The molecule has 2 aliphatic heterocycles. The molecule has 0 bridgehead atoms. The van der Waals surface area contributed by atoms with Gasteiger partial charge in [-0.1, -0.05) is 54.1 Å². The largest absolute Gasteiger partial charge is 0.336 e. The number of hydrogen-bond donors (Lipinski definition) is 0. The van der Waals surface area contributed by atoms with E-state index in [2.05, 4.69) is 6.07 Å². The number of carbonyl (C=O) groups is 3. The van der Waals surface area contributed by atoms with E-state index >= 15 is 0 Å². The number of hydrogen-bond acceptors (Lipinski definition) is 4. The van der Waals surface area contributed by atoms with Crippen LogP contribution >= 0.6 is 11.8 Å². The minimum absolute atomic E-state index is 0.200. The van der Waals surface area contributed by atoms with E-state index < -0.39 is 11.1 Å². The molecule has 4 rings (SSSR count). The first kappa shape index (κ1) is 18.5. The highest BCUT2D eigenvalue weighted by Gasteiger charge is 2.37. The lowest BCUT2D eigenvalue weighted by atomic mass is 10.00. The van der Waals surface area contributed by atoms with E-state index in [1.54, 1.807) is 11.0 Å². The Bertz CT molecular complexity index is 999. The number of amides is 3. The summed E-state index contributed by atoms with van der Waals surface area (Å²) >= 11 is 0.887. The van der Waals surface area contributed by atoms with Gasteiger partial charge >= 0.3 is 0 Å². The van der Waals surface area contributed by atoms with Crippen LogP contribution in [0.1, 0.15) is 22.3 Å². The number of carbonyl (C=O) groups excluding carboxylic acids is 3. The van der Waals surface area contributed by atoms with Crippen molar-refractivity contribution in [2.75, 3.05) is 13.1 Å². The molecule has 2 aliphatic rings. The first-order valence-corrected chi connectivity index (χ1v) is 9.99. The van der Waals surface area contributed by atoms with Gasteiger partial charge in [0.2, 0.25) is 5.91 Å². The lowest BCUT2D eigenvalue weighted by Crippen LogP contribution is -2.44. The Kier molecular flexibility index (Phi) is 5.05. The summed E-state index contributed by atoms with van der Waals surface area (Å²) in [4.78, 5) is 40.8. The first-order chi connectivity index (χ1) is 13.5. The van der Waals surface area contributed by atoms with E-state index in [0.717, 1.165) is 39.8 Å². The zero-order chi connectivity index (χ0) is 19.7. The minimum Gasteiger partial charge on any atom is -0.336 e. The van der Waals surface area contributed by atoms with Crippen molar-refractivity contribution in [3.63, 3.8) is 0 Å². The summed E-state index contributed by atoms with van der Waals surface area (Å²) in [6.07, 6.45) is 2.50. The van der Waals surface area contributed by atoms with Gasteiger partial charge in [0.25, 0.3) is 11.1 Å². The summed E-state index contributed by atoms with van der Waals surface area (Å²) in [5, 5.41) is -0.394. The highest BCUT2D eigenvalue weighted by atomic mass is 32.2. The molecule has 142 valence electrons. The summed E-state index contributed by atoms with van der Waals surface area (Å²) in [5.74, 6) is -0.601. The molecule has 1 saturated heterocycles. The predicted octanol–water partition coefficient (Wildman–Crippen LogP) is 3.62. The van der Waals surface area contributed by atoms with Crippen molar-refractivity contribution in [3.05, 3.63) is 75.7 Å². The third-order valence-corrected chi connectivity index (χ3v) is 5.90. The highest BCUT2D eigenvalue weighted by Crippen LogP contribution is 2.32. The molecule has 5 nitrogen and oxygen atoms in total. The first-order valence-electron chi connectivity index (χ1n) is 9.18. The molecule has 0 aliphatic carbocycles. The van der Waals surface area contributed by atoms with E-state index in [-0.39, 0.29) is 12.5 Å². The van der Waals surface area contributed by atoms with E-state index in [0.29, 0.717) is 18.0 Å². The van der Waals surface area contributed by atoms with Crippen molar-refractivity contribution < 1.29 is 14.4 Å². The van der Waals surface area contributed by atoms with Crippen LogP contribution < -0.4 is 0 Å². The van der Waals surface area contributed by atoms with Gasteiger partial charge in [-0.2, -0.15) is 0 Å². The second-order valence-corrected chi connectivity index (χ2v) is 8.01. The quantitative estimate of drug-likeness (QED) is 0.749. The highest BCUT2D eigenvalue weighted by molar-refractivity contribution is 8.18. The van der Waals surface area contributed by atoms with Crippen molar-refractivity contribution in [3.8, 4) is 0 Å². The Labute approximate surface area is 168 Å². The maximum atomic E-state index is 12.7. The number of rotatable bonds is 3. The Balaban J connectivity index is 1.46. The summed E-state index contributed by atoms with van der Waals surface area (Å²) < 4.78 is 0. The number of thioether (sulfide) groups is 1. The number of nitrogens with zero attached hydrogens (tertiary/aromatic N) is 2. The van der Waals surface area contributed by atoms with Crippen LogP contribution in [0.2, 0.25) is 0 Å². The summed E-state index contributed by atoms with van der Waals surface area (Å²) in [5.41, 5.74) is 4.31. The normalized spacial score (nSPS) is 18.0. The van der Waals surface area contributed by atoms with Crippen LogP contribution in [-0.4, -0.2) is 39.9 Å². The van der Waals surface area contributed by atoms with Gasteiger partial charge in [-0.3, -0.25) is 19.3 Å². The molecule has 1 fully saturated rings. The lowest BCUT2D eigenvalue weighted by molar-refractivity contribution is -0.136. The van der Waals surface area contributed by atoms with Gasteiger partial charge in [-0.15, -0.1) is 0 Å². The summed E-state index contributed by atoms with van der Waals surface area (Å²) in [6, 6.07) is 15.8. The molecule has 0 radical (unpaired) electrons. The average molecular weight is 392 g/mol. The molecule has 0 spiro atoms. The van der Waals surface area contributed by atoms with Crippen molar-refractivity contribution in [1.29, 1.82) is 0 Å². The van der Waals surface area contributed by atoms with Crippen LogP contribution in [0.4, 0.5) is 4.79 Å².